The summed E-state index contributed by atoms with van der Waals surface area (Å²) >= 11 is 0. The second-order valence-corrected chi connectivity index (χ2v) is 7.18. The summed E-state index contributed by atoms with van der Waals surface area (Å²) in [5.74, 6) is 0.378. The van der Waals surface area contributed by atoms with E-state index in [0.717, 1.165) is 42.5 Å². The number of nitrogens with zero attached hydrogens (tertiary/aromatic N) is 3. The average Bonchev–Trinajstić information content (AvgIpc) is 2.74. The highest BCUT2D eigenvalue weighted by Crippen LogP contribution is 2.26. The second-order valence-electron chi connectivity index (χ2n) is 7.18. The van der Waals surface area contributed by atoms with E-state index in [4.69, 9.17) is 9.47 Å². The zero-order valence-electron chi connectivity index (χ0n) is 15.5. The van der Waals surface area contributed by atoms with Crippen LogP contribution in [0.5, 0.6) is 0 Å². The summed E-state index contributed by atoms with van der Waals surface area (Å²) in [5.41, 5.74) is 4.66. The van der Waals surface area contributed by atoms with E-state index >= 15 is 0 Å². The van der Waals surface area contributed by atoms with Crippen LogP contribution in [0.1, 0.15) is 35.1 Å². The normalized spacial score (nSPS) is 17.6. The summed E-state index contributed by atoms with van der Waals surface area (Å²) in [6.45, 7) is 3.90. The van der Waals surface area contributed by atoms with Crippen molar-refractivity contribution in [1.82, 2.24) is 14.9 Å². The van der Waals surface area contributed by atoms with Crippen LogP contribution in [0.4, 0.5) is 0 Å². The Morgan fingerprint density at radius 3 is 2.78 bits per heavy atom. The first kappa shape index (κ1) is 18.1. The van der Waals surface area contributed by atoms with Crippen LogP contribution in [0.3, 0.4) is 0 Å². The Hall–Kier alpha value is -2.31. The monoisotopic (exact) mass is 367 g/mol. The minimum absolute atomic E-state index is 0.111. The van der Waals surface area contributed by atoms with Crippen LogP contribution in [0.15, 0.2) is 36.9 Å². The molecule has 4 heterocycles. The number of rotatable bonds is 5. The molecule has 1 saturated heterocycles. The molecule has 2 aromatic rings. The maximum atomic E-state index is 12.8. The van der Waals surface area contributed by atoms with E-state index in [-0.39, 0.29) is 11.8 Å². The standard InChI is InChI=1S/C21H25N3O3/c25-21(17-4-9-26-10-5-17)24-8-3-20-18(13-24)11-23-12-19(20)15-27-14-16-1-6-22-7-2-16/h1-2,6-7,11-12,17H,3-5,8-10,13-15H2. The Balaban J connectivity index is 1.38. The van der Waals surface area contributed by atoms with Gasteiger partial charge in [-0.2, -0.15) is 0 Å². The Morgan fingerprint density at radius 1 is 1.15 bits per heavy atom. The molecule has 0 bridgehead atoms. The van der Waals surface area contributed by atoms with E-state index in [1.54, 1.807) is 12.4 Å². The predicted octanol–water partition coefficient (Wildman–Crippen LogP) is 2.50. The zero-order chi connectivity index (χ0) is 18.5. The van der Waals surface area contributed by atoms with Crippen LogP contribution in [0.2, 0.25) is 0 Å². The molecule has 2 aliphatic heterocycles. The number of amides is 1. The maximum absolute atomic E-state index is 12.8. The number of pyridine rings is 2. The third kappa shape index (κ3) is 4.34. The topological polar surface area (TPSA) is 64.5 Å². The van der Waals surface area contributed by atoms with Gasteiger partial charge in [0, 0.05) is 57.0 Å². The van der Waals surface area contributed by atoms with Crippen molar-refractivity contribution < 1.29 is 14.3 Å². The molecule has 0 radical (unpaired) electrons. The van der Waals surface area contributed by atoms with Crippen molar-refractivity contribution >= 4 is 5.91 Å². The molecule has 1 amide bonds. The first-order valence-electron chi connectivity index (χ1n) is 9.59. The number of hydrogen-bond acceptors (Lipinski definition) is 5. The van der Waals surface area contributed by atoms with Gasteiger partial charge in [-0.3, -0.25) is 14.8 Å². The van der Waals surface area contributed by atoms with Crippen molar-refractivity contribution in [2.45, 2.75) is 39.0 Å². The minimum atomic E-state index is 0.111. The lowest BCUT2D eigenvalue weighted by Gasteiger charge is -2.33. The molecule has 0 aliphatic carbocycles. The van der Waals surface area contributed by atoms with Gasteiger partial charge in [-0.1, -0.05) is 0 Å². The third-order valence-electron chi connectivity index (χ3n) is 5.39. The second kappa shape index (κ2) is 8.59. The Morgan fingerprint density at radius 2 is 1.96 bits per heavy atom. The Labute approximate surface area is 159 Å². The molecule has 0 unspecified atom stereocenters. The SMILES string of the molecule is O=C(C1CCOCC1)N1CCc2c(COCc3ccncc3)cncc2C1. The van der Waals surface area contributed by atoms with Crippen LogP contribution < -0.4 is 0 Å². The quantitative estimate of drug-likeness (QED) is 0.812. The van der Waals surface area contributed by atoms with Crippen molar-refractivity contribution in [2.75, 3.05) is 19.8 Å². The Kier molecular flexibility index (Phi) is 5.75. The van der Waals surface area contributed by atoms with E-state index in [2.05, 4.69) is 9.97 Å². The van der Waals surface area contributed by atoms with Crippen LogP contribution in [0, 0.1) is 5.92 Å². The van der Waals surface area contributed by atoms with Crippen molar-refractivity contribution in [3.63, 3.8) is 0 Å². The van der Waals surface area contributed by atoms with E-state index < -0.39 is 0 Å². The molecule has 1 fully saturated rings. The van der Waals surface area contributed by atoms with Crippen LogP contribution in [0.25, 0.3) is 0 Å². The molecule has 2 aromatic heterocycles. The van der Waals surface area contributed by atoms with Gasteiger partial charge >= 0.3 is 0 Å². The van der Waals surface area contributed by atoms with Gasteiger partial charge in [-0.05, 0) is 53.6 Å². The highest BCUT2D eigenvalue weighted by molar-refractivity contribution is 5.79. The highest BCUT2D eigenvalue weighted by Gasteiger charge is 2.29. The van der Waals surface area contributed by atoms with E-state index in [1.165, 1.54) is 5.56 Å². The zero-order valence-corrected chi connectivity index (χ0v) is 15.5. The number of hydrogen-bond donors (Lipinski definition) is 0. The van der Waals surface area contributed by atoms with Crippen molar-refractivity contribution in [2.24, 2.45) is 5.92 Å². The maximum Gasteiger partial charge on any atom is 0.226 e. The van der Waals surface area contributed by atoms with Gasteiger partial charge in [0.2, 0.25) is 5.91 Å². The largest absolute Gasteiger partial charge is 0.381 e. The smallest absolute Gasteiger partial charge is 0.226 e. The molecule has 142 valence electrons. The number of fused-ring (bicyclic) bond motifs is 1. The van der Waals surface area contributed by atoms with Gasteiger partial charge in [0.25, 0.3) is 0 Å². The molecule has 0 aromatic carbocycles. The minimum Gasteiger partial charge on any atom is -0.381 e. The lowest BCUT2D eigenvalue weighted by molar-refractivity contribution is -0.139. The molecule has 2 aliphatic rings. The van der Waals surface area contributed by atoms with E-state index in [0.29, 0.717) is 33.0 Å². The molecular weight excluding hydrogens is 342 g/mol. The van der Waals surface area contributed by atoms with Crippen LogP contribution >= 0.6 is 0 Å². The van der Waals surface area contributed by atoms with Gasteiger partial charge in [-0.25, -0.2) is 0 Å². The van der Waals surface area contributed by atoms with Gasteiger partial charge in [-0.15, -0.1) is 0 Å². The molecule has 0 N–H and O–H groups in total. The number of carbonyl (C=O) groups is 1. The fourth-order valence-corrected chi connectivity index (χ4v) is 3.84. The summed E-state index contributed by atoms with van der Waals surface area (Å²) in [5, 5.41) is 0. The summed E-state index contributed by atoms with van der Waals surface area (Å²) in [6.07, 6.45) is 9.86. The van der Waals surface area contributed by atoms with Crippen molar-refractivity contribution in [1.29, 1.82) is 0 Å². The molecule has 0 atom stereocenters. The molecular formula is C21H25N3O3. The third-order valence-corrected chi connectivity index (χ3v) is 5.39. The summed E-state index contributed by atoms with van der Waals surface area (Å²) < 4.78 is 11.3. The van der Waals surface area contributed by atoms with Crippen molar-refractivity contribution in [3.05, 3.63) is 59.2 Å². The number of carbonyl (C=O) groups excluding carboxylic acids is 1. The lowest BCUT2D eigenvalue weighted by Crippen LogP contribution is -2.41. The summed E-state index contributed by atoms with van der Waals surface area (Å²) in [4.78, 5) is 23.2. The predicted molar refractivity (Wildman–Crippen MR) is 99.6 cm³/mol. The van der Waals surface area contributed by atoms with Crippen LogP contribution in [-0.2, 0) is 40.4 Å². The molecule has 6 nitrogen and oxygen atoms in total. The van der Waals surface area contributed by atoms with E-state index in [1.807, 2.05) is 29.4 Å². The fourth-order valence-electron chi connectivity index (χ4n) is 3.84. The van der Waals surface area contributed by atoms with Crippen LogP contribution in [-0.4, -0.2) is 40.5 Å². The van der Waals surface area contributed by atoms with E-state index in [9.17, 15) is 4.79 Å². The van der Waals surface area contributed by atoms with Gasteiger partial charge in [0.15, 0.2) is 0 Å². The molecule has 27 heavy (non-hydrogen) atoms. The first-order chi connectivity index (χ1) is 13.3. The fraction of sp³-hybridized carbons (Fsp3) is 0.476. The molecule has 0 saturated carbocycles. The lowest BCUT2D eigenvalue weighted by atomic mass is 9.94. The highest BCUT2D eigenvalue weighted by atomic mass is 16.5. The molecule has 4 rings (SSSR count). The van der Waals surface area contributed by atoms with Gasteiger partial charge in [0.05, 0.1) is 13.2 Å². The van der Waals surface area contributed by atoms with Crippen molar-refractivity contribution in [3.8, 4) is 0 Å². The number of aromatic nitrogens is 2. The molecule has 0 spiro atoms. The summed E-state index contributed by atoms with van der Waals surface area (Å²) in [7, 11) is 0. The Bertz CT molecular complexity index is 775. The summed E-state index contributed by atoms with van der Waals surface area (Å²) in [6, 6.07) is 3.91. The number of ether oxygens (including phenoxy) is 2. The molecule has 6 heteroatoms. The first-order valence-corrected chi connectivity index (χ1v) is 9.59. The van der Waals surface area contributed by atoms with Gasteiger partial charge in [0.1, 0.15) is 0 Å². The average molecular weight is 367 g/mol. The van der Waals surface area contributed by atoms with Gasteiger partial charge < -0.3 is 14.4 Å².